The molecule has 26 heteroatoms. The van der Waals surface area contributed by atoms with Crippen LogP contribution in [0, 0.1) is 0 Å². The van der Waals surface area contributed by atoms with Crippen molar-refractivity contribution in [2.45, 2.75) is 14.7 Å². The molecule has 0 aliphatic carbocycles. The third kappa shape index (κ3) is 10.5. The number of fused-ring (bicyclic) bond motifs is 1. The molecule has 4 rings (SSSR count). The SMILES string of the molecule is Nc1ccc2c(O)c(/N=N/c3ccc(S(=O)(=O)CCOS(=O)(=O)O)cc3)c(S(=O)(=O)O)cc2c1/N=N/c1ccc(S(=O)(=O)CCOS(=O)(=O)O)cc1. The first-order valence-electron chi connectivity index (χ1n) is 13.8. The Balaban J connectivity index is 1.64. The number of phenols is 1. The zero-order valence-corrected chi connectivity index (χ0v) is 29.9. The molecule has 0 unspecified atom stereocenters. The van der Waals surface area contributed by atoms with Gasteiger partial charge in [0.1, 0.15) is 16.3 Å². The smallest absolute Gasteiger partial charge is 0.397 e. The molecule has 0 amide bonds. The highest BCUT2D eigenvalue weighted by molar-refractivity contribution is 7.91. The zero-order chi connectivity index (χ0) is 38.7. The molecule has 0 atom stereocenters. The van der Waals surface area contributed by atoms with Gasteiger partial charge in [0.25, 0.3) is 10.1 Å². The zero-order valence-electron chi connectivity index (χ0n) is 25.8. The lowest BCUT2D eigenvalue weighted by atomic mass is 10.1. The van der Waals surface area contributed by atoms with Crippen LogP contribution in [0.3, 0.4) is 0 Å². The first-order valence-corrected chi connectivity index (χ1v) is 21.2. The fraction of sp³-hybridized carbons (Fsp3) is 0.154. The Labute approximate surface area is 295 Å². The minimum atomic E-state index is -5.12. The molecule has 0 fully saturated rings. The van der Waals surface area contributed by atoms with Gasteiger partial charge in [-0.25, -0.2) is 25.2 Å². The molecule has 0 heterocycles. The van der Waals surface area contributed by atoms with E-state index in [-0.39, 0.29) is 43.3 Å². The van der Waals surface area contributed by atoms with Crippen molar-refractivity contribution in [2.24, 2.45) is 20.5 Å². The van der Waals surface area contributed by atoms with Gasteiger partial charge < -0.3 is 10.8 Å². The van der Waals surface area contributed by atoms with Crippen molar-refractivity contribution in [1.29, 1.82) is 0 Å². The predicted octanol–water partition coefficient (Wildman–Crippen LogP) is 3.39. The van der Waals surface area contributed by atoms with E-state index in [0.717, 1.165) is 42.5 Å². The van der Waals surface area contributed by atoms with Crippen LogP contribution >= 0.6 is 0 Å². The molecule has 52 heavy (non-hydrogen) atoms. The summed E-state index contributed by atoms with van der Waals surface area (Å²) in [5, 5.41) is 26.4. The number of aromatic hydroxyl groups is 1. The normalized spacial score (nSPS) is 13.4. The number of hydrogen-bond donors (Lipinski definition) is 5. The van der Waals surface area contributed by atoms with Crippen molar-refractivity contribution < 1.29 is 69.2 Å². The van der Waals surface area contributed by atoms with E-state index in [1.54, 1.807) is 0 Å². The number of benzene rings is 4. The minimum Gasteiger partial charge on any atom is -0.505 e. The van der Waals surface area contributed by atoms with Gasteiger partial charge in [0.05, 0.1) is 51.6 Å². The molecule has 280 valence electrons. The second-order valence-electron chi connectivity index (χ2n) is 10.2. The highest BCUT2D eigenvalue weighted by atomic mass is 32.3. The topological polar surface area (TPSA) is 346 Å². The maximum atomic E-state index is 12.4. The molecule has 0 aliphatic heterocycles. The van der Waals surface area contributed by atoms with Crippen LogP contribution in [-0.2, 0) is 59.0 Å². The van der Waals surface area contributed by atoms with Crippen LogP contribution < -0.4 is 5.73 Å². The largest absolute Gasteiger partial charge is 0.505 e. The summed E-state index contributed by atoms with van der Waals surface area (Å²) in [4.78, 5) is -1.47. The maximum absolute atomic E-state index is 12.4. The van der Waals surface area contributed by atoms with Gasteiger partial charge in [-0.15, -0.1) is 10.2 Å². The predicted molar refractivity (Wildman–Crippen MR) is 180 cm³/mol. The van der Waals surface area contributed by atoms with Gasteiger partial charge in [0.2, 0.25) is 0 Å². The number of phenolic OH excluding ortho intramolecular Hbond substituents is 1. The summed E-state index contributed by atoms with van der Waals surface area (Å²) in [5.74, 6) is -2.38. The second-order valence-corrected chi connectivity index (χ2v) is 18.0. The quantitative estimate of drug-likeness (QED) is 0.0651. The van der Waals surface area contributed by atoms with Crippen molar-refractivity contribution in [1.82, 2.24) is 0 Å². The lowest BCUT2D eigenvalue weighted by Gasteiger charge is -2.11. The van der Waals surface area contributed by atoms with Gasteiger partial charge in [-0.3, -0.25) is 13.7 Å². The molecule has 0 spiro atoms. The van der Waals surface area contributed by atoms with Gasteiger partial charge in [-0.05, 0) is 66.7 Å². The maximum Gasteiger partial charge on any atom is 0.397 e. The Kier molecular flexibility index (Phi) is 11.8. The molecule has 4 aromatic rings. The summed E-state index contributed by atoms with van der Waals surface area (Å²) in [5.41, 5.74) is 5.10. The van der Waals surface area contributed by atoms with E-state index in [0.29, 0.717) is 0 Å². The summed E-state index contributed by atoms with van der Waals surface area (Å²) < 4.78 is 152. The van der Waals surface area contributed by atoms with E-state index in [1.165, 1.54) is 24.3 Å². The molecular weight excluding hydrogens is 799 g/mol. The molecule has 0 saturated carbocycles. The van der Waals surface area contributed by atoms with Crippen molar-refractivity contribution in [3.05, 3.63) is 66.7 Å². The first kappa shape index (κ1) is 40.3. The number of nitrogens with two attached hydrogens (primary N) is 1. The molecular formula is C26H25N5O16S5. The monoisotopic (exact) mass is 823 g/mol. The lowest BCUT2D eigenvalue weighted by molar-refractivity contribution is 0.282. The van der Waals surface area contributed by atoms with Crippen molar-refractivity contribution in [3.63, 3.8) is 0 Å². The lowest BCUT2D eigenvalue weighted by Crippen LogP contribution is -2.15. The van der Waals surface area contributed by atoms with E-state index in [2.05, 4.69) is 28.8 Å². The van der Waals surface area contributed by atoms with Gasteiger partial charge in [-0.1, -0.05) is 0 Å². The van der Waals surface area contributed by atoms with Crippen LogP contribution in [-0.4, -0.2) is 85.6 Å². The fourth-order valence-electron chi connectivity index (χ4n) is 4.22. The summed E-state index contributed by atoms with van der Waals surface area (Å²) in [6, 6.07) is 12.6. The van der Waals surface area contributed by atoms with E-state index in [9.17, 15) is 51.7 Å². The van der Waals surface area contributed by atoms with E-state index in [1.807, 2.05) is 0 Å². The Bertz CT molecular complexity index is 2630. The molecule has 0 bridgehead atoms. The first-order chi connectivity index (χ1) is 24.0. The van der Waals surface area contributed by atoms with Crippen LogP contribution in [0.15, 0.2) is 102 Å². The number of rotatable bonds is 15. The van der Waals surface area contributed by atoms with Gasteiger partial charge in [0.15, 0.2) is 25.4 Å². The number of nitrogen functional groups attached to an aromatic ring is 1. The third-order valence-electron chi connectivity index (χ3n) is 6.61. The molecule has 4 aromatic carbocycles. The summed E-state index contributed by atoms with van der Waals surface area (Å²) >= 11 is 0. The number of sulfone groups is 2. The fourth-order valence-corrected chi connectivity index (χ4v) is 7.84. The highest BCUT2D eigenvalue weighted by Crippen LogP contribution is 2.46. The molecule has 0 radical (unpaired) electrons. The summed E-state index contributed by atoms with van der Waals surface area (Å²) in [7, 11) is -22.9. The molecule has 0 aromatic heterocycles. The van der Waals surface area contributed by atoms with E-state index < -0.39 is 91.6 Å². The minimum absolute atomic E-state index is 0.0500. The average molecular weight is 824 g/mol. The van der Waals surface area contributed by atoms with Crippen LogP contribution in [0.1, 0.15) is 0 Å². The third-order valence-corrected chi connectivity index (χ3v) is 11.8. The Morgan fingerprint density at radius 1 is 0.558 bits per heavy atom. The van der Waals surface area contributed by atoms with Crippen molar-refractivity contribution in [2.75, 3.05) is 30.5 Å². The van der Waals surface area contributed by atoms with Crippen LogP contribution in [0.2, 0.25) is 0 Å². The number of hydrogen-bond acceptors (Lipinski definition) is 18. The standard InChI is InChI=1S/C26H25N5O16S5/c27-22-10-9-20-21(24(22)30-28-16-1-5-18(6-2-16)48(33,34)13-11-46-51(40,41)42)15-23(50(37,38)39)25(26(20)32)31-29-17-3-7-19(8-4-17)49(35,36)14-12-47-52(43,44)45/h1-10,15,32H,11-14,27H2,(H,37,38,39)(H,40,41,42)(H,43,44,45)/b30-28+,31-29+. The number of anilines is 1. The molecule has 6 N–H and O–H groups in total. The van der Waals surface area contributed by atoms with Gasteiger partial charge in [-0.2, -0.15) is 35.5 Å². The highest BCUT2D eigenvalue weighted by Gasteiger charge is 2.24. The molecule has 21 nitrogen and oxygen atoms in total. The summed E-state index contributed by atoms with van der Waals surface area (Å²) in [6.07, 6.45) is 0. The number of azo groups is 2. The van der Waals surface area contributed by atoms with E-state index >= 15 is 0 Å². The molecule has 0 saturated heterocycles. The Morgan fingerprint density at radius 2 is 0.981 bits per heavy atom. The van der Waals surface area contributed by atoms with E-state index in [4.69, 9.17) is 14.8 Å². The van der Waals surface area contributed by atoms with Gasteiger partial charge >= 0.3 is 20.8 Å². The van der Waals surface area contributed by atoms with Crippen LogP contribution in [0.5, 0.6) is 5.75 Å². The summed E-state index contributed by atoms with van der Waals surface area (Å²) in [6.45, 7) is -1.70. The Hall–Kier alpha value is -4.51. The second kappa shape index (κ2) is 15.2. The van der Waals surface area contributed by atoms with Crippen LogP contribution in [0.25, 0.3) is 10.8 Å². The van der Waals surface area contributed by atoms with Crippen molar-refractivity contribution >= 4 is 89.8 Å². The van der Waals surface area contributed by atoms with Crippen molar-refractivity contribution in [3.8, 4) is 5.75 Å². The average Bonchev–Trinajstić information content (AvgIpc) is 3.02. The van der Waals surface area contributed by atoms with Crippen LogP contribution in [0.4, 0.5) is 28.4 Å². The Morgan fingerprint density at radius 3 is 1.38 bits per heavy atom. The molecule has 0 aliphatic rings. The van der Waals surface area contributed by atoms with Gasteiger partial charge in [0, 0.05) is 10.8 Å². The number of nitrogens with zero attached hydrogens (tertiary/aromatic N) is 4.